The molecule has 5 unspecified atom stereocenters. The zero-order chi connectivity index (χ0) is 78.9. The second-order valence-electron chi connectivity index (χ2n) is 25.1. The molecule has 0 fully saturated rings. The summed E-state index contributed by atoms with van der Waals surface area (Å²) in [5, 5.41) is 10.6. The summed E-state index contributed by atoms with van der Waals surface area (Å²) in [6.07, 6.45) is 101. The summed E-state index contributed by atoms with van der Waals surface area (Å²) in [5.41, 5.74) is 0. The highest BCUT2D eigenvalue weighted by atomic mass is 31.2. The number of allylic oxidation sites excluding steroid dienone is 37. The minimum atomic E-state index is -5.03. The Labute approximate surface area is 651 Å². The maximum Gasteiger partial charge on any atom is 0.472 e. The van der Waals surface area contributed by atoms with Gasteiger partial charge in [-0.05, 0) is 167 Å². The summed E-state index contributed by atoms with van der Waals surface area (Å²) in [6, 6.07) is 0. The molecular formula is C89H136O17P2. The quantitative estimate of drug-likeness (QED) is 0.0169. The maximum atomic E-state index is 13.1. The SMILES string of the molecule is CC/C=C\C/C=C\C/C=C\C/C=C\C/C=C\C/C=C\CCC(=O)OCC(COP(=O)(O)OCC(O)COP(=O)(O)OCC(COC(=O)C/C=C\C/C=C\C/C=C\C/C=C\C/C=C\CC)OC(=O)CCCCCCC/C=C\C/C=C\C/C=C\CC)OC(=O)CCCCC/C=C\C/C=C\C/C=C\C/C=C\C/C=C\CC. The summed E-state index contributed by atoms with van der Waals surface area (Å²) < 4.78 is 68.4. The van der Waals surface area contributed by atoms with E-state index in [2.05, 4.69) is 216 Å². The molecule has 0 aromatic carbocycles. The van der Waals surface area contributed by atoms with E-state index in [-0.39, 0.29) is 25.7 Å². The Bertz CT molecular complexity index is 2960. The number of rotatable bonds is 71. The second kappa shape index (κ2) is 78.2. The molecule has 0 heterocycles. The van der Waals surface area contributed by atoms with Crippen LogP contribution < -0.4 is 0 Å². The van der Waals surface area contributed by atoms with Gasteiger partial charge in [0, 0.05) is 19.3 Å². The molecule has 3 N–H and O–H groups in total. The molecule has 0 aliphatic heterocycles. The fourth-order valence-corrected chi connectivity index (χ4v) is 10.9. The zero-order valence-corrected chi connectivity index (χ0v) is 67.7. The van der Waals surface area contributed by atoms with Crippen molar-refractivity contribution in [2.24, 2.45) is 0 Å². The molecule has 108 heavy (non-hydrogen) atoms. The largest absolute Gasteiger partial charge is 0.472 e. The van der Waals surface area contributed by atoms with Gasteiger partial charge in [0.05, 0.1) is 32.8 Å². The van der Waals surface area contributed by atoms with Crippen molar-refractivity contribution in [2.45, 2.75) is 264 Å². The van der Waals surface area contributed by atoms with Gasteiger partial charge in [0.1, 0.15) is 19.3 Å². The van der Waals surface area contributed by atoms with Crippen molar-refractivity contribution in [3.8, 4) is 0 Å². The van der Waals surface area contributed by atoms with E-state index in [9.17, 15) is 43.2 Å². The maximum absolute atomic E-state index is 13.1. The van der Waals surface area contributed by atoms with Crippen LogP contribution >= 0.6 is 15.6 Å². The molecule has 0 aliphatic rings. The lowest BCUT2D eigenvalue weighted by molar-refractivity contribution is -0.161. The fourth-order valence-electron chi connectivity index (χ4n) is 9.30. The number of aliphatic hydroxyl groups is 1. The van der Waals surface area contributed by atoms with Crippen LogP contribution in [0.4, 0.5) is 0 Å². The highest BCUT2D eigenvalue weighted by molar-refractivity contribution is 7.47. The molecule has 0 radical (unpaired) electrons. The smallest absolute Gasteiger partial charge is 0.462 e. The molecule has 0 aromatic heterocycles. The number of phosphoric ester groups is 2. The Morgan fingerprint density at radius 1 is 0.269 bits per heavy atom. The molecule has 0 spiro atoms. The number of carbonyl (C=O) groups is 4. The zero-order valence-electron chi connectivity index (χ0n) is 65.9. The number of unbranched alkanes of at least 4 members (excludes halogenated alkanes) is 8. The van der Waals surface area contributed by atoms with Gasteiger partial charge in [-0.3, -0.25) is 37.3 Å². The van der Waals surface area contributed by atoms with Crippen molar-refractivity contribution < 1.29 is 80.2 Å². The van der Waals surface area contributed by atoms with Crippen LogP contribution in [-0.4, -0.2) is 96.7 Å². The highest BCUT2D eigenvalue weighted by Gasteiger charge is 2.30. The highest BCUT2D eigenvalue weighted by Crippen LogP contribution is 2.45. The van der Waals surface area contributed by atoms with E-state index in [4.69, 9.17) is 37.0 Å². The number of carbonyl (C=O) groups excluding carboxylic acids is 4. The van der Waals surface area contributed by atoms with E-state index in [1.807, 2.05) is 36.5 Å². The number of ether oxygens (including phenoxy) is 4. The molecule has 604 valence electrons. The van der Waals surface area contributed by atoms with Crippen LogP contribution in [0.1, 0.15) is 246 Å². The summed E-state index contributed by atoms with van der Waals surface area (Å²) >= 11 is 0. The van der Waals surface area contributed by atoms with Gasteiger partial charge >= 0.3 is 39.5 Å². The van der Waals surface area contributed by atoms with E-state index >= 15 is 0 Å². The Morgan fingerprint density at radius 3 is 0.824 bits per heavy atom. The molecule has 5 atom stereocenters. The number of esters is 4. The first-order valence-corrected chi connectivity index (χ1v) is 42.6. The molecule has 0 saturated heterocycles. The van der Waals surface area contributed by atoms with Crippen LogP contribution in [0.2, 0.25) is 0 Å². The molecule has 0 rings (SSSR count). The van der Waals surface area contributed by atoms with E-state index in [0.29, 0.717) is 32.1 Å². The molecule has 17 nitrogen and oxygen atoms in total. The Hall–Kier alpha value is -6.88. The van der Waals surface area contributed by atoms with Crippen molar-refractivity contribution in [1.29, 1.82) is 0 Å². The van der Waals surface area contributed by atoms with Gasteiger partial charge in [-0.25, -0.2) is 9.13 Å². The van der Waals surface area contributed by atoms with E-state index in [1.54, 1.807) is 6.08 Å². The van der Waals surface area contributed by atoms with E-state index in [0.717, 1.165) is 161 Å². The first-order valence-electron chi connectivity index (χ1n) is 39.6. The van der Waals surface area contributed by atoms with Gasteiger partial charge in [0.2, 0.25) is 0 Å². The monoisotopic (exact) mass is 1540 g/mol. The summed E-state index contributed by atoms with van der Waals surface area (Å²) in [6.45, 7) is 4.11. The van der Waals surface area contributed by atoms with Gasteiger partial charge in [-0.2, -0.15) is 0 Å². The van der Waals surface area contributed by atoms with Gasteiger partial charge in [0.25, 0.3) is 0 Å². The number of hydrogen-bond donors (Lipinski definition) is 3. The van der Waals surface area contributed by atoms with E-state index < -0.39 is 97.5 Å². The Kier molecular flexibility index (Phi) is 73.3. The van der Waals surface area contributed by atoms with Crippen molar-refractivity contribution in [3.05, 3.63) is 231 Å². The summed E-state index contributed by atoms with van der Waals surface area (Å²) in [4.78, 5) is 73.0. The molecule has 0 bridgehead atoms. The first kappa shape index (κ1) is 101. The van der Waals surface area contributed by atoms with Crippen molar-refractivity contribution in [3.63, 3.8) is 0 Å². The normalized spacial score (nSPS) is 15.1. The summed E-state index contributed by atoms with van der Waals surface area (Å²) in [5.74, 6) is -2.51. The third-order valence-electron chi connectivity index (χ3n) is 15.2. The van der Waals surface area contributed by atoms with Crippen molar-refractivity contribution in [2.75, 3.05) is 39.6 Å². The number of phosphoric acid groups is 2. The van der Waals surface area contributed by atoms with Crippen LogP contribution in [0.3, 0.4) is 0 Å². The number of aliphatic hydroxyl groups excluding tert-OH is 1. The van der Waals surface area contributed by atoms with Gasteiger partial charge in [-0.1, -0.05) is 284 Å². The average Bonchev–Trinajstić information content (AvgIpc) is 0.896. The van der Waals surface area contributed by atoms with Crippen molar-refractivity contribution >= 4 is 39.5 Å². The van der Waals surface area contributed by atoms with Crippen LogP contribution in [-0.2, 0) is 65.4 Å². The molecular weight excluding hydrogens is 1400 g/mol. The minimum Gasteiger partial charge on any atom is -0.462 e. The predicted molar refractivity (Wildman–Crippen MR) is 444 cm³/mol. The Morgan fingerprint density at radius 2 is 0.509 bits per heavy atom. The second-order valence-corrected chi connectivity index (χ2v) is 28.0. The number of hydrogen-bond acceptors (Lipinski definition) is 15. The predicted octanol–water partition coefficient (Wildman–Crippen LogP) is 23.4. The molecule has 0 saturated carbocycles. The van der Waals surface area contributed by atoms with Crippen LogP contribution in [0.15, 0.2) is 231 Å². The lowest BCUT2D eigenvalue weighted by Gasteiger charge is -2.21. The average molecular weight is 1540 g/mol. The van der Waals surface area contributed by atoms with Gasteiger partial charge < -0.3 is 33.8 Å². The van der Waals surface area contributed by atoms with Gasteiger partial charge in [0.15, 0.2) is 12.2 Å². The first-order chi connectivity index (χ1) is 52.7. The van der Waals surface area contributed by atoms with Crippen LogP contribution in [0, 0.1) is 0 Å². The molecule has 0 aliphatic carbocycles. The van der Waals surface area contributed by atoms with E-state index in [1.165, 1.54) is 0 Å². The lowest BCUT2D eigenvalue weighted by Crippen LogP contribution is -2.30. The molecule has 0 amide bonds. The standard InChI is InChI=1S/C89H136O17P2/c1-5-9-13-17-21-25-29-33-37-39-41-43-47-50-54-58-62-66-70-74-87(92)100-80-85(106-89(94)76-72-68-64-60-56-52-48-44-42-40-38-34-30-26-22-18-14-10-6-2)82-104-108(97,98)102-78-83(90)77-101-107(95,96)103-81-84(105-88(93)75-71-67-63-59-55-51-46-36-32-28-24-20-16-12-8-4)79-99-86(91)73-69-65-61-57-53-49-45-35-31-27-23-19-15-11-7-3/h9-16,21-28,33-38,41-46,50,52-54,56-57,62,65-66,69,83-85,90H,5-8,17-20,29-32,39-40,47-49,51,55,58-61,63-64,67-68,70-82H2,1-4H3,(H,95,96)(H,97,98)/b13-9-,14-10-,15-11-,16-12-,25-21-,26-22-,27-23-,28-24-,37-33-,38-34-,43-41-,44-42-,45-35-,46-36-,54-50-,56-52-,57-53-,66-62-,69-65-. The lowest BCUT2D eigenvalue weighted by atomic mass is 10.1. The third kappa shape index (κ3) is 77.3. The molecule has 19 heteroatoms. The van der Waals surface area contributed by atoms with Crippen LogP contribution in [0.25, 0.3) is 0 Å². The molecule has 0 aromatic rings. The van der Waals surface area contributed by atoms with Crippen molar-refractivity contribution in [1.82, 2.24) is 0 Å². The fraction of sp³-hybridized carbons (Fsp3) is 0.528. The summed E-state index contributed by atoms with van der Waals surface area (Å²) in [7, 11) is -10.1. The topological polar surface area (TPSA) is 237 Å². The van der Waals surface area contributed by atoms with Gasteiger partial charge in [-0.15, -0.1) is 0 Å². The third-order valence-corrected chi connectivity index (χ3v) is 17.1. The van der Waals surface area contributed by atoms with Crippen LogP contribution in [0.5, 0.6) is 0 Å². The minimum absolute atomic E-state index is 0.0156. The Balaban J connectivity index is 5.59.